The van der Waals surface area contributed by atoms with E-state index in [4.69, 9.17) is 4.74 Å². The van der Waals surface area contributed by atoms with Crippen LogP contribution < -0.4 is 10.1 Å². The van der Waals surface area contributed by atoms with Crippen molar-refractivity contribution < 1.29 is 13.9 Å². The third-order valence-corrected chi connectivity index (χ3v) is 6.03. The van der Waals surface area contributed by atoms with Crippen molar-refractivity contribution in [1.82, 2.24) is 15.1 Å². The number of ether oxygens (including phenoxy) is 1. The van der Waals surface area contributed by atoms with Crippen molar-refractivity contribution in [3.63, 3.8) is 0 Å². The smallest absolute Gasteiger partial charge is 0.222 e. The lowest BCUT2D eigenvalue weighted by molar-refractivity contribution is -0.134. The number of hydrogen-bond donors (Lipinski definition) is 1. The Morgan fingerprint density at radius 3 is 2.45 bits per heavy atom. The second-order valence-corrected chi connectivity index (χ2v) is 7.89. The fraction of sp³-hybridized carbons (Fsp3) is 0.667. The zero-order valence-corrected chi connectivity index (χ0v) is 19.0. The third-order valence-electron chi connectivity index (χ3n) is 6.03. The number of halogens is 3. The summed E-state index contributed by atoms with van der Waals surface area (Å²) in [6, 6.07) is 5.11. The quantitative estimate of drug-likeness (QED) is 0.722. The van der Waals surface area contributed by atoms with E-state index in [0.717, 1.165) is 44.8 Å². The molecule has 1 atom stereocenters. The highest BCUT2D eigenvalue weighted by Crippen LogP contribution is 2.25. The number of methoxy groups -OCH3 is 1. The molecule has 166 valence electrons. The highest BCUT2D eigenvalue weighted by atomic mass is 35.5. The van der Waals surface area contributed by atoms with E-state index in [-0.39, 0.29) is 42.3 Å². The highest BCUT2D eigenvalue weighted by molar-refractivity contribution is 5.85. The molecular formula is C21H34Cl2FN3O2. The zero-order valence-electron chi connectivity index (χ0n) is 17.4. The number of nitrogens with one attached hydrogen (secondary N) is 1. The lowest BCUT2D eigenvalue weighted by Gasteiger charge is -2.36. The van der Waals surface area contributed by atoms with Crippen LogP contribution in [-0.2, 0) is 11.3 Å². The summed E-state index contributed by atoms with van der Waals surface area (Å²) in [6.45, 7) is 8.27. The van der Waals surface area contributed by atoms with Crippen LogP contribution in [0.25, 0.3) is 0 Å². The minimum Gasteiger partial charge on any atom is -0.494 e. The summed E-state index contributed by atoms with van der Waals surface area (Å²) >= 11 is 0. The number of benzene rings is 1. The summed E-state index contributed by atoms with van der Waals surface area (Å²) in [5, 5.41) is 3.39. The Kier molecular flexibility index (Phi) is 11.3. The first-order valence-corrected chi connectivity index (χ1v) is 10.1. The Hall–Kier alpha value is -1.08. The van der Waals surface area contributed by atoms with Gasteiger partial charge in [-0.1, -0.05) is 13.0 Å². The second kappa shape index (κ2) is 12.6. The number of rotatable bonds is 6. The van der Waals surface area contributed by atoms with Crippen LogP contribution in [0.1, 0.15) is 31.7 Å². The minimum atomic E-state index is -0.323. The van der Waals surface area contributed by atoms with Gasteiger partial charge in [-0.05, 0) is 55.5 Å². The van der Waals surface area contributed by atoms with Gasteiger partial charge >= 0.3 is 0 Å². The Bertz CT molecular complexity index is 636. The number of amides is 1. The molecule has 2 saturated heterocycles. The molecule has 0 aromatic heterocycles. The summed E-state index contributed by atoms with van der Waals surface area (Å²) in [6.07, 6.45) is 3.02. The summed E-state index contributed by atoms with van der Waals surface area (Å²) < 4.78 is 18.8. The van der Waals surface area contributed by atoms with Crippen LogP contribution in [0, 0.1) is 17.7 Å². The Balaban J connectivity index is 0.00000210. The van der Waals surface area contributed by atoms with Crippen LogP contribution in [0.5, 0.6) is 5.75 Å². The minimum absolute atomic E-state index is 0. The summed E-state index contributed by atoms with van der Waals surface area (Å²) in [7, 11) is 1.47. The second-order valence-electron chi connectivity index (χ2n) is 7.89. The molecule has 29 heavy (non-hydrogen) atoms. The van der Waals surface area contributed by atoms with E-state index in [2.05, 4.69) is 17.1 Å². The predicted octanol–water partition coefficient (Wildman–Crippen LogP) is 3.35. The normalized spacial score (nSPS) is 19.1. The first-order chi connectivity index (χ1) is 13.1. The number of piperidine rings is 1. The molecule has 5 nitrogen and oxygen atoms in total. The lowest BCUT2D eigenvalue weighted by Crippen LogP contribution is -2.48. The van der Waals surface area contributed by atoms with Crippen LogP contribution in [-0.4, -0.2) is 62.1 Å². The Morgan fingerprint density at radius 2 is 1.86 bits per heavy atom. The van der Waals surface area contributed by atoms with Gasteiger partial charge in [-0.25, -0.2) is 4.39 Å². The van der Waals surface area contributed by atoms with Gasteiger partial charge in [0.25, 0.3) is 0 Å². The maximum absolute atomic E-state index is 13.8. The van der Waals surface area contributed by atoms with E-state index >= 15 is 0 Å². The average Bonchev–Trinajstić information content (AvgIpc) is 2.69. The first-order valence-electron chi connectivity index (χ1n) is 10.1. The zero-order chi connectivity index (χ0) is 19.2. The molecule has 3 rings (SSSR count). The number of nitrogens with zero attached hydrogens (tertiary/aromatic N) is 2. The summed E-state index contributed by atoms with van der Waals surface area (Å²) in [5.74, 6) is 1.37. The molecule has 0 spiro atoms. The molecule has 2 aliphatic heterocycles. The Labute approximate surface area is 186 Å². The molecule has 2 fully saturated rings. The van der Waals surface area contributed by atoms with Crippen molar-refractivity contribution in [1.29, 1.82) is 0 Å². The van der Waals surface area contributed by atoms with Gasteiger partial charge in [0, 0.05) is 39.1 Å². The molecule has 1 N–H and O–H groups in total. The molecule has 2 aliphatic rings. The van der Waals surface area contributed by atoms with E-state index in [1.807, 2.05) is 11.0 Å². The topological polar surface area (TPSA) is 44.8 Å². The number of carbonyl (C=O) groups excluding carboxylic acids is 1. The third kappa shape index (κ3) is 7.28. The van der Waals surface area contributed by atoms with Crippen LogP contribution in [0.3, 0.4) is 0 Å². The van der Waals surface area contributed by atoms with Crippen LogP contribution in [0.2, 0.25) is 0 Å². The monoisotopic (exact) mass is 449 g/mol. The molecule has 0 radical (unpaired) electrons. The highest BCUT2D eigenvalue weighted by Gasteiger charge is 2.26. The van der Waals surface area contributed by atoms with E-state index < -0.39 is 0 Å². The fourth-order valence-electron chi connectivity index (χ4n) is 4.21. The van der Waals surface area contributed by atoms with Crippen LogP contribution in [0.4, 0.5) is 4.39 Å². The van der Waals surface area contributed by atoms with E-state index in [9.17, 15) is 9.18 Å². The number of carbonyl (C=O) groups is 1. The largest absolute Gasteiger partial charge is 0.494 e. The fourth-order valence-corrected chi connectivity index (χ4v) is 4.21. The van der Waals surface area contributed by atoms with Gasteiger partial charge < -0.3 is 15.0 Å². The van der Waals surface area contributed by atoms with Crippen LogP contribution in [0.15, 0.2) is 18.2 Å². The average molecular weight is 450 g/mol. The molecule has 0 saturated carbocycles. The van der Waals surface area contributed by atoms with E-state index in [1.54, 1.807) is 6.07 Å². The molecule has 0 aliphatic carbocycles. The maximum atomic E-state index is 13.8. The van der Waals surface area contributed by atoms with Gasteiger partial charge in [-0.2, -0.15) is 0 Å². The van der Waals surface area contributed by atoms with Gasteiger partial charge in [0.15, 0.2) is 11.6 Å². The predicted molar refractivity (Wildman–Crippen MR) is 119 cm³/mol. The van der Waals surface area contributed by atoms with Crippen molar-refractivity contribution in [3.05, 3.63) is 29.6 Å². The maximum Gasteiger partial charge on any atom is 0.222 e. The van der Waals surface area contributed by atoms with Crippen molar-refractivity contribution in [2.24, 2.45) is 11.8 Å². The van der Waals surface area contributed by atoms with Crippen molar-refractivity contribution in [3.8, 4) is 5.75 Å². The van der Waals surface area contributed by atoms with Crippen molar-refractivity contribution in [2.45, 2.75) is 32.7 Å². The molecule has 1 aromatic rings. The Morgan fingerprint density at radius 1 is 1.21 bits per heavy atom. The molecule has 1 amide bonds. The molecule has 8 heteroatoms. The SMILES string of the molecule is COc1ccc(CN2CCN(C(=O)CC(C)C3CCNCC3)CC2)cc1F.Cl.Cl. The lowest BCUT2D eigenvalue weighted by atomic mass is 9.84. The standard InChI is InChI=1S/C21H32FN3O2.2ClH/c1-16(18-5-7-23-8-6-18)13-21(26)25-11-9-24(10-12-25)15-17-3-4-20(27-2)19(22)14-17;;/h3-4,14,16,18,23H,5-13,15H2,1-2H3;2*1H. The van der Waals surface area contributed by atoms with Gasteiger partial charge in [-0.3, -0.25) is 9.69 Å². The molecular weight excluding hydrogens is 416 g/mol. The van der Waals surface area contributed by atoms with Crippen LogP contribution >= 0.6 is 24.8 Å². The van der Waals surface area contributed by atoms with E-state index in [1.165, 1.54) is 26.0 Å². The van der Waals surface area contributed by atoms with Gasteiger partial charge in [0.05, 0.1) is 7.11 Å². The van der Waals surface area contributed by atoms with Crippen molar-refractivity contribution >= 4 is 30.7 Å². The van der Waals surface area contributed by atoms with Crippen molar-refractivity contribution in [2.75, 3.05) is 46.4 Å². The molecule has 1 unspecified atom stereocenters. The number of piperazine rings is 1. The van der Waals surface area contributed by atoms with Gasteiger partial charge in [-0.15, -0.1) is 24.8 Å². The van der Waals surface area contributed by atoms with Gasteiger partial charge in [0.2, 0.25) is 5.91 Å². The van der Waals surface area contributed by atoms with E-state index in [0.29, 0.717) is 24.8 Å². The van der Waals surface area contributed by atoms with Gasteiger partial charge in [0.1, 0.15) is 0 Å². The first kappa shape index (κ1) is 26.0. The summed E-state index contributed by atoms with van der Waals surface area (Å²) in [4.78, 5) is 16.9. The summed E-state index contributed by atoms with van der Waals surface area (Å²) in [5.41, 5.74) is 0.938. The molecule has 0 bridgehead atoms. The number of hydrogen-bond acceptors (Lipinski definition) is 4. The molecule has 2 heterocycles. The molecule has 1 aromatic carbocycles.